The maximum atomic E-state index is 12.2. The van der Waals surface area contributed by atoms with E-state index in [1.165, 1.54) is 16.8 Å². The van der Waals surface area contributed by atoms with Gasteiger partial charge in [0.1, 0.15) is 5.75 Å². The number of carbonyl (C=O) groups excluding carboxylic acids is 1. The average Bonchev–Trinajstić information content (AvgIpc) is 2.99. The highest BCUT2D eigenvalue weighted by atomic mass is 79.9. The third kappa shape index (κ3) is 3.48. The second-order valence-electron chi connectivity index (χ2n) is 4.48. The number of alkyl halides is 2. The van der Waals surface area contributed by atoms with E-state index in [9.17, 15) is 13.6 Å². The number of ether oxygens (including phenoxy) is 1. The number of fused-ring (bicyclic) bond motifs is 1. The molecule has 0 fully saturated rings. The summed E-state index contributed by atoms with van der Waals surface area (Å²) < 4.78 is 31.5. The van der Waals surface area contributed by atoms with E-state index in [-0.39, 0.29) is 11.4 Å². The van der Waals surface area contributed by atoms with Crippen LogP contribution in [0.1, 0.15) is 10.5 Å². The van der Waals surface area contributed by atoms with Crippen LogP contribution in [-0.4, -0.2) is 27.3 Å². The molecule has 0 unspecified atom stereocenters. The van der Waals surface area contributed by atoms with Gasteiger partial charge >= 0.3 is 6.61 Å². The van der Waals surface area contributed by atoms with Crippen molar-refractivity contribution in [1.29, 1.82) is 0 Å². The summed E-state index contributed by atoms with van der Waals surface area (Å²) in [4.78, 5) is 16.4. The molecule has 1 N–H and O–H groups in total. The first-order chi connectivity index (χ1) is 10.9. The van der Waals surface area contributed by atoms with Gasteiger partial charge in [-0.2, -0.15) is 13.9 Å². The highest BCUT2D eigenvalue weighted by molar-refractivity contribution is 9.10. The predicted octanol–water partition coefficient (Wildman–Crippen LogP) is 3.65. The van der Waals surface area contributed by atoms with Crippen LogP contribution < -0.4 is 10.1 Å². The zero-order chi connectivity index (χ0) is 16.6. The number of rotatable bonds is 4. The predicted molar refractivity (Wildman–Crippen MR) is 85.1 cm³/mol. The Morgan fingerprint density at radius 1 is 1.48 bits per heavy atom. The summed E-state index contributed by atoms with van der Waals surface area (Å²) in [7, 11) is 1.70. The van der Waals surface area contributed by atoms with Crippen LogP contribution in [0.5, 0.6) is 5.75 Å². The van der Waals surface area contributed by atoms with Gasteiger partial charge in [-0.1, -0.05) is 11.3 Å². The van der Waals surface area contributed by atoms with Crippen LogP contribution in [0.3, 0.4) is 0 Å². The fourth-order valence-corrected chi connectivity index (χ4v) is 3.35. The van der Waals surface area contributed by atoms with Crippen molar-refractivity contribution in [2.75, 3.05) is 5.32 Å². The third-order valence-electron chi connectivity index (χ3n) is 2.80. The molecular formula is C13H9BrF2N4O2S. The molecule has 0 spiro atoms. The Morgan fingerprint density at radius 2 is 2.26 bits per heavy atom. The lowest BCUT2D eigenvalue weighted by Gasteiger charge is -2.02. The van der Waals surface area contributed by atoms with E-state index in [0.29, 0.717) is 19.8 Å². The number of hydrogen-bond acceptors (Lipinski definition) is 5. The number of nitrogens with one attached hydrogen (secondary N) is 1. The Labute approximate surface area is 141 Å². The highest BCUT2D eigenvalue weighted by Crippen LogP contribution is 2.30. The van der Waals surface area contributed by atoms with Gasteiger partial charge in [0.05, 0.1) is 14.7 Å². The summed E-state index contributed by atoms with van der Waals surface area (Å²) in [6, 6.07) is 4.40. The van der Waals surface area contributed by atoms with Crippen LogP contribution in [0.2, 0.25) is 0 Å². The van der Waals surface area contributed by atoms with Crippen molar-refractivity contribution < 1.29 is 18.3 Å². The van der Waals surface area contributed by atoms with Gasteiger partial charge in [-0.15, -0.1) is 0 Å². The minimum absolute atomic E-state index is 0.0431. The summed E-state index contributed by atoms with van der Waals surface area (Å²) >= 11 is 4.41. The lowest BCUT2D eigenvalue weighted by atomic mass is 10.3. The summed E-state index contributed by atoms with van der Waals surface area (Å²) in [5.41, 5.74) is 0.806. The highest BCUT2D eigenvalue weighted by Gasteiger charge is 2.16. The van der Waals surface area contributed by atoms with Crippen LogP contribution in [0.25, 0.3) is 10.2 Å². The standard InChI is InChI=1S/C13H9BrF2N4O2S/c1-20-5-7(14)10(19-20)11(21)18-13-17-8-3-2-6(22-12(15)16)4-9(8)23-13/h2-5,12H,1H3,(H,17,18,21). The van der Waals surface area contributed by atoms with Crippen molar-refractivity contribution in [3.05, 3.63) is 34.6 Å². The first-order valence-electron chi connectivity index (χ1n) is 6.28. The van der Waals surface area contributed by atoms with Gasteiger partial charge in [-0.25, -0.2) is 4.98 Å². The molecule has 0 aliphatic heterocycles. The maximum Gasteiger partial charge on any atom is 0.387 e. The Morgan fingerprint density at radius 3 is 2.91 bits per heavy atom. The van der Waals surface area contributed by atoms with E-state index < -0.39 is 12.5 Å². The molecule has 3 rings (SSSR count). The van der Waals surface area contributed by atoms with Crippen molar-refractivity contribution in [2.24, 2.45) is 7.05 Å². The molecule has 0 saturated carbocycles. The molecule has 6 nitrogen and oxygen atoms in total. The lowest BCUT2D eigenvalue weighted by molar-refractivity contribution is -0.0497. The Kier molecular flexibility index (Phi) is 4.26. The van der Waals surface area contributed by atoms with Crippen LogP contribution in [0, 0.1) is 0 Å². The minimum atomic E-state index is -2.89. The molecule has 10 heteroatoms. The zero-order valence-corrected chi connectivity index (χ0v) is 14.0. The van der Waals surface area contributed by atoms with Gasteiger partial charge in [-0.3, -0.25) is 14.8 Å². The number of benzene rings is 1. The molecule has 0 saturated heterocycles. The van der Waals surface area contributed by atoms with E-state index >= 15 is 0 Å². The van der Waals surface area contributed by atoms with Crippen LogP contribution >= 0.6 is 27.3 Å². The molecule has 3 aromatic rings. The second-order valence-corrected chi connectivity index (χ2v) is 6.37. The quantitative estimate of drug-likeness (QED) is 0.722. The van der Waals surface area contributed by atoms with E-state index in [0.717, 1.165) is 11.3 Å². The normalized spacial score (nSPS) is 11.2. The fourth-order valence-electron chi connectivity index (χ4n) is 1.90. The number of carbonyl (C=O) groups is 1. The molecule has 2 aromatic heterocycles. The first kappa shape index (κ1) is 15.8. The SMILES string of the molecule is Cn1cc(Br)c(C(=O)Nc2nc3ccc(OC(F)F)cc3s2)n1. The molecular weight excluding hydrogens is 394 g/mol. The number of amides is 1. The number of halogens is 3. The zero-order valence-electron chi connectivity index (χ0n) is 11.6. The summed E-state index contributed by atoms with van der Waals surface area (Å²) in [5.74, 6) is -0.373. The van der Waals surface area contributed by atoms with Crippen molar-refractivity contribution in [3.63, 3.8) is 0 Å². The number of hydrogen-bond donors (Lipinski definition) is 1. The van der Waals surface area contributed by atoms with Crippen molar-refractivity contribution in [1.82, 2.24) is 14.8 Å². The van der Waals surface area contributed by atoms with Gasteiger partial charge in [0, 0.05) is 13.2 Å². The second kappa shape index (κ2) is 6.20. The van der Waals surface area contributed by atoms with Crippen LogP contribution in [0.4, 0.5) is 13.9 Å². The van der Waals surface area contributed by atoms with E-state index in [1.807, 2.05) is 0 Å². The molecule has 120 valence electrons. The molecule has 0 bridgehead atoms. The molecule has 1 amide bonds. The molecule has 0 aliphatic rings. The van der Waals surface area contributed by atoms with Gasteiger partial charge < -0.3 is 4.74 Å². The summed E-state index contributed by atoms with van der Waals surface area (Å²) in [6.45, 7) is -2.89. The monoisotopic (exact) mass is 402 g/mol. The van der Waals surface area contributed by atoms with E-state index in [4.69, 9.17) is 0 Å². The Bertz CT molecular complexity index is 880. The molecule has 0 atom stereocenters. The van der Waals surface area contributed by atoms with E-state index in [1.54, 1.807) is 19.3 Å². The van der Waals surface area contributed by atoms with Crippen molar-refractivity contribution in [3.8, 4) is 5.75 Å². The fraction of sp³-hybridized carbons (Fsp3) is 0.154. The summed E-state index contributed by atoms with van der Waals surface area (Å²) in [6.07, 6.45) is 1.65. The number of nitrogens with zero attached hydrogens (tertiary/aromatic N) is 3. The number of aromatic nitrogens is 3. The number of anilines is 1. The molecule has 1 aromatic carbocycles. The minimum Gasteiger partial charge on any atom is -0.435 e. The van der Waals surface area contributed by atoms with Gasteiger partial charge in [0.2, 0.25) is 0 Å². The Balaban J connectivity index is 1.83. The lowest BCUT2D eigenvalue weighted by Crippen LogP contribution is -2.13. The van der Waals surface area contributed by atoms with Crippen LogP contribution in [-0.2, 0) is 7.05 Å². The average molecular weight is 403 g/mol. The Hall–Kier alpha value is -2.07. The smallest absolute Gasteiger partial charge is 0.387 e. The van der Waals surface area contributed by atoms with Crippen molar-refractivity contribution in [2.45, 2.75) is 6.61 Å². The van der Waals surface area contributed by atoms with Gasteiger partial charge in [0.15, 0.2) is 10.8 Å². The van der Waals surface area contributed by atoms with E-state index in [2.05, 4.69) is 36.1 Å². The number of aryl methyl sites for hydroxylation is 1. The summed E-state index contributed by atoms with van der Waals surface area (Å²) in [5, 5.41) is 7.02. The first-order valence-corrected chi connectivity index (χ1v) is 7.89. The molecule has 23 heavy (non-hydrogen) atoms. The molecule has 2 heterocycles. The third-order valence-corrected chi connectivity index (χ3v) is 4.32. The largest absolute Gasteiger partial charge is 0.435 e. The molecule has 0 radical (unpaired) electrons. The van der Waals surface area contributed by atoms with Gasteiger partial charge in [-0.05, 0) is 34.1 Å². The van der Waals surface area contributed by atoms with Crippen molar-refractivity contribution >= 4 is 48.5 Å². The van der Waals surface area contributed by atoms with Crippen LogP contribution in [0.15, 0.2) is 28.9 Å². The topological polar surface area (TPSA) is 69.0 Å². The molecule has 0 aliphatic carbocycles. The van der Waals surface area contributed by atoms with Gasteiger partial charge in [0.25, 0.3) is 5.91 Å². The number of thiazole rings is 1. The maximum absolute atomic E-state index is 12.2.